The molecule has 2 N–H and O–H groups in total. The van der Waals surface area contributed by atoms with Gasteiger partial charge in [0.2, 0.25) is 0 Å². The number of amides is 1. The highest BCUT2D eigenvalue weighted by Crippen LogP contribution is 2.16. The van der Waals surface area contributed by atoms with E-state index in [4.69, 9.17) is 0 Å². The maximum atomic E-state index is 13.5. The average Bonchev–Trinajstić information content (AvgIpc) is 3.02. The summed E-state index contributed by atoms with van der Waals surface area (Å²) in [4.78, 5) is 17.3. The van der Waals surface area contributed by atoms with Gasteiger partial charge in [-0.15, -0.1) is 0 Å². The largest absolute Gasteiger partial charge is 0.345 e. The lowest BCUT2D eigenvalue weighted by Crippen LogP contribution is -2.46. The maximum absolute atomic E-state index is 13.5. The molecule has 7 heteroatoms. The highest BCUT2D eigenvalue weighted by molar-refractivity contribution is 6.04. The number of carbonyl (C=O) groups excluding carboxylic acids is 1. The number of hydrogen-bond donors (Lipinski definition) is 2. The van der Waals surface area contributed by atoms with E-state index in [2.05, 4.69) is 32.4 Å². The van der Waals surface area contributed by atoms with Gasteiger partial charge in [-0.25, -0.2) is 4.39 Å². The van der Waals surface area contributed by atoms with Crippen molar-refractivity contribution in [2.75, 3.05) is 33.2 Å². The molecular formula is C21H24FN5O. The predicted octanol–water partition coefficient (Wildman–Crippen LogP) is 2.25. The number of aromatic nitrogens is 2. The van der Waals surface area contributed by atoms with Crippen LogP contribution in [0.25, 0.3) is 10.9 Å². The third-order valence-electron chi connectivity index (χ3n) is 5.12. The Morgan fingerprint density at radius 3 is 2.93 bits per heavy atom. The van der Waals surface area contributed by atoms with Gasteiger partial charge in [-0.3, -0.25) is 14.8 Å². The maximum Gasteiger partial charge on any atom is 0.272 e. The molecule has 6 nitrogen and oxygen atoms in total. The second-order valence-electron chi connectivity index (χ2n) is 7.42. The van der Waals surface area contributed by atoms with Crippen LogP contribution in [0.15, 0.2) is 48.5 Å². The molecular weight excluding hydrogens is 357 g/mol. The van der Waals surface area contributed by atoms with Gasteiger partial charge in [-0.05, 0) is 30.8 Å². The van der Waals surface area contributed by atoms with E-state index < -0.39 is 0 Å². The third kappa shape index (κ3) is 4.21. The molecule has 3 aromatic rings. The molecule has 0 saturated carbocycles. The van der Waals surface area contributed by atoms with Crippen molar-refractivity contribution >= 4 is 16.8 Å². The van der Waals surface area contributed by atoms with E-state index in [1.165, 1.54) is 6.07 Å². The van der Waals surface area contributed by atoms with Gasteiger partial charge in [-0.1, -0.05) is 30.3 Å². The Labute approximate surface area is 163 Å². The van der Waals surface area contributed by atoms with Gasteiger partial charge in [-0.2, -0.15) is 5.10 Å². The number of fused-ring (bicyclic) bond motifs is 1. The van der Waals surface area contributed by atoms with Crippen molar-refractivity contribution in [1.29, 1.82) is 0 Å². The molecule has 1 amide bonds. The van der Waals surface area contributed by atoms with E-state index >= 15 is 0 Å². The first kappa shape index (κ1) is 18.6. The summed E-state index contributed by atoms with van der Waals surface area (Å²) in [6, 6.07) is 14.3. The van der Waals surface area contributed by atoms with E-state index in [1.54, 1.807) is 12.1 Å². The molecule has 0 spiro atoms. The van der Waals surface area contributed by atoms with Crippen LogP contribution in [-0.2, 0) is 6.54 Å². The lowest BCUT2D eigenvalue weighted by molar-refractivity contribution is 0.0920. The fourth-order valence-electron chi connectivity index (χ4n) is 3.76. The Morgan fingerprint density at radius 2 is 2.07 bits per heavy atom. The molecule has 28 heavy (non-hydrogen) atoms. The molecule has 1 fully saturated rings. The van der Waals surface area contributed by atoms with Gasteiger partial charge < -0.3 is 10.2 Å². The number of hydrogen-bond acceptors (Lipinski definition) is 4. The van der Waals surface area contributed by atoms with Crippen LogP contribution >= 0.6 is 0 Å². The SMILES string of the molecule is CN1CCN(Cc2cccc(F)c2)CC(NC(=O)c2n[nH]c3ccccc23)C1. The standard InChI is InChI=1S/C21H24FN5O/c1-26-9-10-27(12-15-5-4-6-16(22)11-15)14-17(13-26)23-21(28)20-18-7-2-3-8-19(18)24-25-20/h2-8,11,17H,9-10,12-14H2,1H3,(H,23,28)(H,24,25). The van der Waals surface area contributed by atoms with Crippen LogP contribution in [0.2, 0.25) is 0 Å². The van der Waals surface area contributed by atoms with Gasteiger partial charge in [0.1, 0.15) is 5.82 Å². The number of H-pyrrole nitrogens is 1. The molecule has 1 aliphatic heterocycles. The lowest BCUT2D eigenvalue weighted by Gasteiger charge is -2.24. The molecule has 0 aliphatic carbocycles. The first-order chi connectivity index (χ1) is 13.6. The number of benzene rings is 2. The Bertz CT molecular complexity index is 972. The molecule has 0 radical (unpaired) electrons. The van der Waals surface area contributed by atoms with E-state index in [-0.39, 0.29) is 17.8 Å². The Kier molecular flexibility index (Phi) is 5.36. The van der Waals surface area contributed by atoms with Crippen LogP contribution in [0.5, 0.6) is 0 Å². The summed E-state index contributed by atoms with van der Waals surface area (Å²) >= 11 is 0. The zero-order valence-electron chi connectivity index (χ0n) is 15.9. The summed E-state index contributed by atoms with van der Waals surface area (Å²) in [5.74, 6) is -0.400. The van der Waals surface area contributed by atoms with Crippen molar-refractivity contribution < 1.29 is 9.18 Å². The van der Waals surface area contributed by atoms with Crippen LogP contribution in [0.1, 0.15) is 16.1 Å². The monoisotopic (exact) mass is 381 g/mol. The first-order valence-electron chi connectivity index (χ1n) is 9.48. The fraction of sp³-hybridized carbons (Fsp3) is 0.333. The van der Waals surface area contributed by atoms with Crippen LogP contribution in [0, 0.1) is 5.82 Å². The molecule has 1 aliphatic rings. The second-order valence-corrected chi connectivity index (χ2v) is 7.42. The van der Waals surface area contributed by atoms with Crippen molar-refractivity contribution in [3.8, 4) is 0 Å². The highest BCUT2D eigenvalue weighted by Gasteiger charge is 2.24. The predicted molar refractivity (Wildman–Crippen MR) is 107 cm³/mol. The number of halogens is 1. The van der Waals surface area contributed by atoms with Crippen molar-refractivity contribution in [1.82, 2.24) is 25.3 Å². The summed E-state index contributed by atoms with van der Waals surface area (Å²) in [6.45, 7) is 3.88. The molecule has 1 atom stereocenters. The van der Waals surface area contributed by atoms with Crippen molar-refractivity contribution in [2.45, 2.75) is 12.6 Å². The van der Waals surface area contributed by atoms with Gasteiger partial charge in [0, 0.05) is 38.1 Å². The van der Waals surface area contributed by atoms with Gasteiger partial charge in [0.05, 0.1) is 11.6 Å². The number of aromatic amines is 1. The van der Waals surface area contributed by atoms with E-state index in [9.17, 15) is 9.18 Å². The topological polar surface area (TPSA) is 64.3 Å². The average molecular weight is 381 g/mol. The molecule has 0 bridgehead atoms. The second kappa shape index (κ2) is 8.08. The van der Waals surface area contributed by atoms with E-state index in [1.807, 2.05) is 30.3 Å². The van der Waals surface area contributed by atoms with Crippen LogP contribution in [0.4, 0.5) is 4.39 Å². The molecule has 2 heterocycles. The van der Waals surface area contributed by atoms with Crippen molar-refractivity contribution in [3.63, 3.8) is 0 Å². The molecule has 4 rings (SSSR count). The minimum absolute atomic E-state index is 0.0379. The molecule has 1 saturated heterocycles. The van der Waals surface area contributed by atoms with E-state index in [0.717, 1.165) is 36.1 Å². The van der Waals surface area contributed by atoms with Crippen molar-refractivity contribution in [2.24, 2.45) is 0 Å². The summed E-state index contributed by atoms with van der Waals surface area (Å²) in [6.07, 6.45) is 0. The quantitative estimate of drug-likeness (QED) is 0.728. The Balaban J connectivity index is 1.47. The molecule has 1 aromatic heterocycles. The van der Waals surface area contributed by atoms with E-state index in [0.29, 0.717) is 18.8 Å². The zero-order chi connectivity index (χ0) is 19.5. The lowest BCUT2D eigenvalue weighted by atomic mass is 10.1. The Hall–Kier alpha value is -2.77. The number of carbonyl (C=O) groups is 1. The highest BCUT2D eigenvalue weighted by atomic mass is 19.1. The third-order valence-corrected chi connectivity index (χ3v) is 5.12. The number of likely N-dealkylation sites (N-methyl/N-ethyl adjacent to an activating group) is 1. The smallest absolute Gasteiger partial charge is 0.272 e. The molecule has 1 unspecified atom stereocenters. The van der Waals surface area contributed by atoms with Crippen LogP contribution in [-0.4, -0.2) is 65.2 Å². The zero-order valence-corrected chi connectivity index (χ0v) is 15.9. The number of rotatable bonds is 4. The minimum Gasteiger partial charge on any atom is -0.345 e. The summed E-state index contributed by atoms with van der Waals surface area (Å²) in [7, 11) is 2.05. The number of para-hydroxylation sites is 1. The molecule has 2 aromatic carbocycles. The van der Waals surface area contributed by atoms with Gasteiger partial charge in [0.25, 0.3) is 5.91 Å². The van der Waals surface area contributed by atoms with Crippen molar-refractivity contribution in [3.05, 3.63) is 65.6 Å². The fourth-order valence-corrected chi connectivity index (χ4v) is 3.76. The Morgan fingerprint density at radius 1 is 1.21 bits per heavy atom. The number of nitrogens with zero attached hydrogens (tertiary/aromatic N) is 3. The molecule has 146 valence electrons. The number of nitrogens with one attached hydrogen (secondary N) is 2. The van der Waals surface area contributed by atoms with Crippen LogP contribution < -0.4 is 5.32 Å². The van der Waals surface area contributed by atoms with Gasteiger partial charge in [0.15, 0.2) is 5.69 Å². The summed E-state index contributed by atoms with van der Waals surface area (Å²) < 4.78 is 13.5. The van der Waals surface area contributed by atoms with Gasteiger partial charge >= 0.3 is 0 Å². The summed E-state index contributed by atoms with van der Waals surface area (Å²) in [5.41, 5.74) is 2.20. The minimum atomic E-state index is -0.222. The van der Waals surface area contributed by atoms with Crippen LogP contribution in [0.3, 0.4) is 0 Å². The normalized spacial score (nSPS) is 18.9. The summed E-state index contributed by atoms with van der Waals surface area (Å²) in [5, 5.41) is 11.1. The first-order valence-corrected chi connectivity index (χ1v) is 9.48.